The van der Waals surface area contributed by atoms with Crippen LogP contribution >= 0.6 is 15.9 Å². The van der Waals surface area contributed by atoms with E-state index in [1.54, 1.807) is 19.1 Å². The Morgan fingerprint density at radius 3 is 2.44 bits per heavy atom. The molecule has 7 N–H and O–H groups in total. The highest BCUT2D eigenvalue weighted by molar-refractivity contribution is 9.09. The molecule has 3 aliphatic carbocycles. The maximum absolute atomic E-state index is 13.8. The number of phenolic OH excluding ortho intramolecular Hbond substituents is 1. The predicted molar refractivity (Wildman–Crippen MR) is 133 cm³/mol. The predicted octanol–water partition coefficient (Wildman–Crippen LogP) is 2.57. The van der Waals surface area contributed by atoms with Crippen molar-refractivity contribution in [2.75, 3.05) is 5.33 Å². The topological polar surface area (TPSA) is 178 Å². The Labute approximate surface area is 216 Å². The lowest BCUT2D eigenvalue weighted by Crippen LogP contribution is -2.62. The summed E-state index contributed by atoms with van der Waals surface area (Å²) in [5.74, 6) is -8.50. The fourth-order valence-electron chi connectivity index (χ4n) is 6.18. The van der Waals surface area contributed by atoms with Crippen molar-refractivity contribution in [1.29, 1.82) is 0 Å². The van der Waals surface area contributed by atoms with Gasteiger partial charge < -0.3 is 31.3 Å². The number of carbonyl (C=O) groups is 3. The second kappa shape index (κ2) is 8.71. The van der Waals surface area contributed by atoms with E-state index in [4.69, 9.17) is 5.73 Å². The van der Waals surface area contributed by atoms with Crippen LogP contribution < -0.4 is 5.73 Å². The molecule has 10 heteroatoms. The number of Topliss-reactive ketones (excluding diaryl/α,β-unsaturated/α-hetero) is 2. The van der Waals surface area contributed by atoms with Crippen molar-refractivity contribution >= 4 is 33.4 Å². The van der Waals surface area contributed by atoms with Gasteiger partial charge in [-0.05, 0) is 29.7 Å². The summed E-state index contributed by atoms with van der Waals surface area (Å²) in [4.78, 5) is 38.7. The number of fused-ring (bicyclic) bond motifs is 3. The molecule has 4 rings (SSSR count). The molecule has 0 aliphatic heterocycles. The first kappa shape index (κ1) is 26.4. The maximum Gasteiger partial charge on any atom is 0.255 e. The number of ketones is 2. The van der Waals surface area contributed by atoms with Crippen molar-refractivity contribution in [2.45, 2.75) is 63.1 Å². The third-order valence-corrected chi connectivity index (χ3v) is 8.72. The van der Waals surface area contributed by atoms with Crippen LogP contribution in [-0.4, -0.2) is 60.0 Å². The van der Waals surface area contributed by atoms with Gasteiger partial charge in [0.2, 0.25) is 5.78 Å². The third-order valence-electron chi connectivity index (χ3n) is 8.16. The van der Waals surface area contributed by atoms with E-state index in [2.05, 4.69) is 15.9 Å². The highest BCUT2D eigenvalue weighted by Gasteiger charge is 2.64. The lowest BCUT2D eigenvalue weighted by Gasteiger charge is -2.50. The molecule has 0 radical (unpaired) electrons. The molecule has 0 saturated carbocycles. The second-order valence-electron chi connectivity index (χ2n) is 10.6. The van der Waals surface area contributed by atoms with Crippen LogP contribution in [-0.2, 0) is 15.0 Å². The summed E-state index contributed by atoms with van der Waals surface area (Å²) in [5, 5.41) is 56.2. The van der Waals surface area contributed by atoms with Gasteiger partial charge in [-0.15, -0.1) is 0 Å². The van der Waals surface area contributed by atoms with Gasteiger partial charge in [-0.2, -0.15) is 0 Å². The monoisotopic (exact) mass is 563 g/mol. The summed E-state index contributed by atoms with van der Waals surface area (Å²) >= 11 is 3.40. The standard InChI is InChI=1S/C26H30BrNO8/c1-10-11-5-6-12(25(2,3)7-4-8-27)19(30)16(11)21(32)18-15(10)20(31)13-9-14(29)17(24(28)35)22(33)26(13,36)23(18)34/h5-6,10,13,15,20,29-31,34,36H,4,7-9H2,1-3H3,(H2,28,35)/t10-,13+,15+,20+,26+/m0/s1. The van der Waals surface area contributed by atoms with Crippen LogP contribution in [0.4, 0.5) is 0 Å². The number of nitrogens with two attached hydrogens (primary N) is 1. The van der Waals surface area contributed by atoms with Crippen LogP contribution in [0.1, 0.15) is 67.4 Å². The normalized spacial score (nSPS) is 30.2. The Kier molecular flexibility index (Phi) is 6.38. The van der Waals surface area contributed by atoms with Gasteiger partial charge in [0.1, 0.15) is 22.8 Å². The van der Waals surface area contributed by atoms with Gasteiger partial charge in [0, 0.05) is 34.7 Å². The fourth-order valence-corrected chi connectivity index (χ4v) is 6.46. The van der Waals surface area contributed by atoms with Gasteiger partial charge in [-0.3, -0.25) is 14.4 Å². The number of hydrogen-bond donors (Lipinski definition) is 6. The molecule has 5 atom stereocenters. The zero-order chi connectivity index (χ0) is 26.9. The van der Waals surface area contributed by atoms with Crippen LogP contribution in [0.5, 0.6) is 5.75 Å². The fraction of sp³-hybridized carbons (Fsp3) is 0.500. The van der Waals surface area contributed by atoms with E-state index in [-0.39, 0.29) is 11.3 Å². The number of rotatable bonds is 5. The number of hydrogen-bond acceptors (Lipinski definition) is 8. The number of aliphatic hydroxyl groups excluding tert-OH is 3. The number of primary amides is 1. The molecule has 0 bridgehead atoms. The quantitative estimate of drug-likeness (QED) is 0.233. The smallest absolute Gasteiger partial charge is 0.255 e. The van der Waals surface area contributed by atoms with Crippen LogP contribution in [0, 0.1) is 11.8 Å². The molecule has 194 valence electrons. The molecule has 1 aromatic rings. The molecule has 3 aliphatic rings. The van der Waals surface area contributed by atoms with Crippen LogP contribution in [0.25, 0.3) is 0 Å². The number of aliphatic hydroxyl groups is 4. The van der Waals surface area contributed by atoms with E-state index in [1.165, 1.54) is 0 Å². The van der Waals surface area contributed by atoms with Crippen LogP contribution in [0.2, 0.25) is 0 Å². The average molecular weight is 564 g/mol. The molecule has 36 heavy (non-hydrogen) atoms. The van der Waals surface area contributed by atoms with Crippen molar-refractivity contribution in [1.82, 2.24) is 0 Å². The van der Waals surface area contributed by atoms with Gasteiger partial charge in [0.05, 0.1) is 11.7 Å². The molecular weight excluding hydrogens is 534 g/mol. The number of halogens is 1. The summed E-state index contributed by atoms with van der Waals surface area (Å²) < 4.78 is 0. The Morgan fingerprint density at radius 2 is 1.86 bits per heavy atom. The zero-order valence-electron chi connectivity index (χ0n) is 20.2. The first-order valence-corrected chi connectivity index (χ1v) is 12.9. The number of benzene rings is 1. The lowest BCUT2D eigenvalue weighted by molar-refractivity contribution is -0.154. The summed E-state index contributed by atoms with van der Waals surface area (Å²) in [6, 6.07) is 3.48. The van der Waals surface area contributed by atoms with Gasteiger partial charge in [-0.1, -0.05) is 48.8 Å². The van der Waals surface area contributed by atoms with E-state index in [9.17, 15) is 39.9 Å². The van der Waals surface area contributed by atoms with Crippen LogP contribution in [0.3, 0.4) is 0 Å². The van der Waals surface area contributed by atoms with Crippen LogP contribution in [0.15, 0.2) is 34.8 Å². The minimum atomic E-state index is -2.84. The van der Waals surface area contributed by atoms with E-state index in [0.29, 0.717) is 17.5 Å². The van der Waals surface area contributed by atoms with E-state index in [1.807, 2.05) is 13.8 Å². The number of phenols is 1. The third kappa shape index (κ3) is 3.45. The molecule has 0 aromatic heterocycles. The van der Waals surface area contributed by atoms with E-state index in [0.717, 1.165) is 11.8 Å². The molecule has 0 heterocycles. The molecule has 1 aromatic carbocycles. The lowest BCUT2D eigenvalue weighted by atomic mass is 9.56. The summed E-state index contributed by atoms with van der Waals surface area (Å²) in [6.45, 7) is 5.59. The van der Waals surface area contributed by atoms with Crippen molar-refractivity contribution in [2.24, 2.45) is 17.6 Å². The number of alkyl halides is 1. The molecule has 0 spiro atoms. The highest BCUT2D eigenvalue weighted by Crippen LogP contribution is 2.55. The Balaban J connectivity index is 1.93. The van der Waals surface area contributed by atoms with E-state index < -0.39 is 81.4 Å². The number of amides is 1. The van der Waals surface area contributed by atoms with E-state index >= 15 is 0 Å². The second-order valence-corrected chi connectivity index (χ2v) is 11.4. The molecule has 0 unspecified atom stereocenters. The van der Waals surface area contributed by atoms with Crippen molar-refractivity contribution in [3.63, 3.8) is 0 Å². The SMILES string of the molecule is C[C@H]1c2ccc(C(C)(C)CCCBr)c(O)c2C(=O)C2=C(O)[C@]3(O)C(=O)C(C(N)=O)=C(O)C[C@@H]3[C@@H](O)[C@@H]21. The average Bonchev–Trinajstić information content (AvgIpc) is 2.80. The summed E-state index contributed by atoms with van der Waals surface area (Å²) in [6.07, 6.45) is -0.501. The molecule has 1 amide bonds. The number of allylic oxidation sites excluding steroid dienone is 1. The molecule has 9 nitrogen and oxygen atoms in total. The Morgan fingerprint density at radius 1 is 1.22 bits per heavy atom. The van der Waals surface area contributed by atoms with Gasteiger partial charge in [0.15, 0.2) is 11.4 Å². The largest absolute Gasteiger partial charge is 0.511 e. The highest BCUT2D eigenvalue weighted by atomic mass is 79.9. The molecule has 0 fully saturated rings. The first-order valence-electron chi connectivity index (χ1n) is 11.8. The van der Waals surface area contributed by atoms with Crippen molar-refractivity contribution < 1.29 is 39.9 Å². The summed E-state index contributed by atoms with van der Waals surface area (Å²) in [5.41, 5.74) is 1.54. The van der Waals surface area contributed by atoms with Gasteiger partial charge >= 0.3 is 0 Å². The van der Waals surface area contributed by atoms with Crippen molar-refractivity contribution in [3.8, 4) is 5.75 Å². The van der Waals surface area contributed by atoms with Gasteiger partial charge in [-0.25, -0.2) is 0 Å². The maximum atomic E-state index is 13.8. The minimum Gasteiger partial charge on any atom is -0.511 e. The van der Waals surface area contributed by atoms with Gasteiger partial charge in [0.25, 0.3) is 5.91 Å². The zero-order valence-corrected chi connectivity index (χ0v) is 21.8. The Hall–Kier alpha value is -2.69. The first-order chi connectivity index (χ1) is 16.7. The Bertz CT molecular complexity index is 1250. The summed E-state index contributed by atoms with van der Waals surface area (Å²) in [7, 11) is 0. The number of carbonyl (C=O) groups excluding carboxylic acids is 3. The molecular formula is C26H30BrNO8. The number of aromatic hydroxyl groups is 1. The molecule has 0 saturated heterocycles. The minimum absolute atomic E-state index is 0.0595. The van der Waals surface area contributed by atoms with Crippen molar-refractivity contribution in [3.05, 3.63) is 51.5 Å².